The van der Waals surface area contributed by atoms with Crippen molar-refractivity contribution in [2.24, 2.45) is 0 Å². The van der Waals surface area contributed by atoms with Gasteiger partial charge in [-0.1, -0.05) is 24.3 Å². The Morgan fingerprint density at radius 2 is 0.902 bits per heavy atom. The first-order valence-corrected chi connectivity index (χ1v) is 17.0. The average Bonchev–Trinajstić information content (AvgIpc) is 4.10. The smallest absolute Gasteiger partial charge is 0.343 e. The van der Waals surface area contributed by atoms with E-state index in [1.165, 1.54) is 0 Å². The number of hydrogen-bond acceptors (Lipinski definition) is 11. The number of carbonyl (C=O) groups is 2. The fourth-order valence-electron chi connectivity index (χ4n) is 4.88. The normalized spacial score (nSPS) is 17.2. The summed E-state index contributed by atoms with van der Waals surface area (Å²) in [6.45, 7) is 7.98. The highest BCUT2D eigenvalue weighted by atomic mass is 16.6. The van der Waals surface area contributed by atoms with Crippen LogP contribution in [0.3, 0.4) is 0 Å². The molecule has 4 aromatic rings. The number of carbonyl (C=O) groups excluding carboxylic acids is 2. The molecule has 2 aliphatic heterocycles. The fraction of sp³-hybridized carbons (Fsp3) is 0.350. The number of epoxide rings is 2. The third-order valence-corrected chi connectivity index (χ3v) is 8.16. The minimum Gasteiger partial charge on any atom is -0.491 e. The molecule has 6 rings (SSSR count). The lowest BCUT2D eigenvalue weighted by atomic mass is 10.1. The van der Waals surface area contributed by atoms with Gasteiger partial charge in [0.25, 0.3) is 0 Å². The summed E-state index contributed by atoms with van der Waals surface area (Å²) in [4.78, 5) is 25.2. The highest BCUT2D eigenvalue weighted by molar-refractivity contribution is 5.91. The zero-order valence-electron chi connectivity index (χ0n) is 28.7. The first-order chi connectivity index (χ1) is 24.9. The van der Waals surface area contributed by atoms with E-state index >= 15 is 0 Å². The Kier molecular flexibility index (Phi) is 12.7. The van der Waals surface area contributed by atoms with Gasteiger partial charge < -0.3 is 42.6 Å². The number of benzene rings is 4. The molecule has 268 valence electrons. The summed E-state index contributed by atoms with van der Waals surface area (Å²) in [6.07, 6.45) is 0.271. The molecule has 51 heavy (non-hydrogen) atoms. The second kappa shape index (κ2) is 17.9. The van der Waals surface area contributed by atoms with E-state index < -0.39 is 11.9 Å². The second-order valence-electron chi connectivity index (χ2n) is 12.1. The van der Waals surface area contributed by atoms with Crippen LogP contribution in [0, 0.1) is 0 Å². The molecule has 4 aromatic carbocycles. The van der Waals surface area contributed by atoms with Crippen LogP contribution >= 0.6 is 0 Å². The van der Waals surface area contributed by atoms with Crippen LogP contribution in [-0.4, -0.2) is 77.0 Å². The summed E-state index contributed by atoms with van der Waals surface area (Å²) >= 11 is 0. The van der Waals surface area contributed by atoms with Crippen molar-refractivity contribution in [1.82, 2.24) is 0 Å². The van der Waals surface area contributed by atoms with Crippen molar-refractivity contribution < 1.29 is 52.2 Å². The molecule has 0 saturated carbocycles. The molecular weight excluding hydrogens is 656 g/mol. The van der Waals surface area contributed by atoms with E-state index in [1.54, 1.807) is 72.8 Å². The second-order valence-corrected chi connectivity index (χ2v) is 12.1. The molecule has 0 amide bonds. The fourth-order valence-corrected chi connectivity index (χ4v) is 4.88. The molecule has 4 unspecified atom stereocenters. The first-order valence-electron chi connectivity index (χ1n) is 17.0. The van der Waals surface area contributed by atoms with Gasteiger partial charge in [0, 0.05) is 0 Å². The van der Waals surface area contributed by atoms with Gasteiger partial charge >= 0.3 is 11.9 Å². The topological polar surface area (TPSA) is 124 Å². The van der Waals surface area contributed by atoms with Crippen LogP contribution in [0.5, 0.6) is 23.0 Å². The van der Waals surface area contributed by atoms with Crippen molar-refractivity contribution in [1.29, 1.82) is 0 Å². The third-order valence-electron chi connectivity index (χ3n) is 8.16. The Morgan fingerprint density at radius 1 is 0.549 bits per heavy atom. The van der Waals surface area contributed by atoms with Crippen LogP contribution in [0.15, 0.2) is 97.1 Å². The van der Waals surface area contributed by atoms with E-state index in [0.29, 0.717) is 73.8 Å². The Hall–Kier alpha value is -4.78. The molecule has 2 heterocycles. The predicted molar refractivity (Wildman–Crippen MR) is 186 cm³/mol. The molecular formula is C40H42O11. The van der Waals surface area contributed by atoms with Crippen molar-refractivity contribution in [3.05, 3.63) is 119 Å². The van der Waals surface area contributed by atoms with Crippen molar-refractivity contribution in [2.75, 3.05) is 52.9 Å². The molecule has 0 spiro atoms. The molecule has 2 aliphatic rings. The lowest BCUT2D eigenvalue weighted by Gasteiger charge is -2.13. The van der Waals surface area contributed by atoms with Crippen LogP contribution in [-0.2, 0) is 23.7 Å². The van der Waals surface area contributed by atoms with Gasteiger partial charge in [-0.3, -0.25) is 0 Å². The van der Waals surface area contributed by atoms with Crippen molar-refractivity contribution >= 4 is 11.9 Å². The monoisotopic (exact) mass is 698 g/mol. The zero-order chi connectivity index (χ0) is 35.4. The lowest BCUT2D eigenvalue weighted by Crippen LogP contribution is -2.12. The largest absolute Gasteiger partial charge is 0.491 e. The van der Waals surface area contributed by atoms with Gasteiger partial charge in [0.15, 0.2) is 0 Å². The van der Waals surface area contributed by atoms with E-state index in [9.17, 15) is 9.59 Å². The molecule has 2 saturated heterocycles. The summed E-state index contributed by atoms with van der Waals surface area (Å²) in [5.41, 5.74) is 2.81. The molecule has 0 aliphatic carbocycles. The molecule has 11 nitrogen and oxygen atoms in total. The average molecular weight is 699 g/mol. The maximum absolute atomic E-state index is 12.6. The van der Waals surface area contributed by atoms with Gasteiger partial charge in [-0.05, 0) is 97.8 Å². The Labute approximate surface area is 297 Å². The SMILES string of the molecule is CC(OCC1CO1)c1ccc(OC(=O)c2ccc(OCCOCCOc3ccc(C(=O)Oc4ccc(C(C)OCC5CO5)cc4)cc3)cc2)cc1. The molecule has 0 bridgehead atoms. The maximum Gasteiger partial charge on any atom is 0.343 e. The Balaban J connectivity index is 0.823. The van der Waals surface area contributed by atoms with Crippen molar-refractivity contribution in [3.63, 3.8) is 0 Å². The van der Waals surface area contributed by atoms with E-state index in [0.717, 1.165) is 24.3 Å². The summed E-state index contributed by atoms with van der Waals surface area (Å²) in [6, 6.07) is 28.0. The molecule has 11 heteroatoms. The lowest BCUT2D eigenvalue weighted by molar-refractivity contribution is 0.0538. The van der Waals surface area contributed by atoms with Gasteiger partial charge in [0.2, 0.25) is 0 Å². The van der Waals surface area contributed by atoms with Gasteiger partial charge in [0.05, 0.1) is 63.0 Å². The molecule has 0 aromatic heterocycles. The molecule has 2 fully saturated rings. The van der Waals surface area contributed by atoms with Gasteiger partial charge in [-0.2, -0.15) is 0 Å². The van der Waals surface area contributed by atoms with Crippen LogP contribution in [0.25, 0.3) is 0 Å². The minimum atomic E-state index is -0.458. The van der Waals surface area contributed by atoms with E-state index in [2.05, 4.69) is 0 Å². The van der Waals surface area contributed by atoms with Crippen LogP contribution < -0.4 is 18.9 Å². The Morgan fingerprint density at radius 3 is 1.25 bits per heavy atom. The van der Waals surface area contributed by atoms with E-state index in [1.807, 2.05) is 38.1 Å². The standard InChI is InChI=1S/C40H42O11/c1-27(46-23-37-25-48-37)29-3-15-35(16-4-29)50-39(41)31-7-11-33(12-8-31)44-21-19-43-20-22-45-34-13-9-32(10-14-34)40(42)51-36-17-5-30(6-18-36)28(2)47-24-38-26-49-38/h3-18,27-28,37-38H,19-26H2,1-2H3. The quantitative estimate of drug-likeness (QED) is 0.0432. The van der Waals surface area contributed by atoms with Crippen LogP contribution in [0.2, 0.25) is 0 Å². The van der Waals surface area contributed by atoms with Crippen molar-refractivity contribution in [3.8, 4) is 23.0 Å². The Bertz CT molecular complexity index is 1550. The van der Waals surface area contributed by atoms with Crippen LogP contribution in [0.1, 0.15) is 57.9 Å². The molecule has 0 N–H and O–H groups in total. The minimum absolute atomic E-state index is 0.0751. The zero-order valence-corrected chi connectivity index (χ0v) is 28.7. The van der Waals surface area contributed by atoms with Gasteiger partial charge in [-0.25, -0.2) is 9.59 Å². The number of esters is 2. The summed E-state index contributed by atoms with van der Waals surface area (Å²) in [5.74, 6) is 1.21. The summed E-state index contributed by atoms with van der Waals surface area (Å²) < 4.78 is 50.0. The van der Waals surface area contributed by atoms with Gasteiger partial charge in [-0.15, -0.1) is 0 Å². The van der Waals surface area contributed by atoms with E-state index in [-0.39, 0.29) is 24.4 Å². The highest BCUT2D eigenvalue weighted by Gasteiger charge is 2.24. The number of ether oxygens (including phenoxy) is 9. The molecule has 4 atom stereocenters. The van der Waals surface area contributed by atoms with Gasteiger partial charge in [0.1, 0.15) is 48.4 Å². The first kappa shape index (κ1) is 36.0. The maximum atomic E-state index is 12.6. The third kappa shape index (κ3) is 11.6. The van der Waals surface area contributed by atoms with E-state index in [4.69, 9.17) is 42.6 Å². The number of rotatable bonds is 20. The number of hydrogen-bond donors (Lipinski definition) is 0. The van der Waals surface area contributed by atoms with Crippen LogP contribution in [0.4, 0.5) is 0 Å². The summed E-state index contributed by atoms with van der Waals surface area (Å²) in [5, 5.41) is 0. The highest BCUT2D eigenvalue weighted by Crippen LogP contribution is 2.25. The predicted octanol–water partition coefficient (Wildman–Crippen LogP) is 6.55. The summed E-state index contributed by atoms with van der Waals surface area (Å²) in [7, 11) is 0. The van der Waals surface area contributed by atoms with Crippen molar-refractivity contribution in [2.45, 2.75) is 38.3 Å². The molecule has 0 radical (unpaired) electrons.